The number of thiocarbonyl (C=S) groups is 1. The van der Waals surface area contributed by atoms with Crippen molar-refractivity contribution in [2.45, 2.75) is 6.42 Å². The number of thiophene rings is 1. The van der Waals surface area contributed by atoms with E-state index in [1.165, 1.54) is 17.7 Å². The van der Waals surface area contributed by atoms with Gasteiger partial charge in [0.15, 0.2) is 0 Å². The molecular formula is C13H12FNOS2. The molecule has 0 aliphatic carbocycles. The minimum absolute atomic E-state index is 0.0531. The monoisotopic (exact) mass is 281 g/mol. The van der Waals surface area contributed by atoms with E-state index in [4.69, 9.17) is 22.7 Å². The molecule has 0 fully saturated rings. The van der Waals surface area contributed by atoms with Crippen molar-refractivity contribution < 1.29 is 9.13 Å². The van der Waals surface area contributed by atoms with E-state index in [2.05, 4.69) is 5.38 Å². The van der Waals surface area contributed by atoms with Crippen LogP contribution in [-0.2, 0) is 6.42 Å². The third-order valence-electron chi connectivity index (χ3n) is 2.45. The number of hydrogen-bond donors (Lipinski definition) is 1. The lowest BCUT2D eigenvalue weighted by Crippen LogP contribution is -2.11. The number of rotatable bonds is 5. The normalized spacial score (nSPS) is 10.3. The van der Waals surface area contributed by atoms with Gasteiger partial charge >= 0.3 is 0 Å². The van der Waals surface area contributed by atoms with Gasteiger partial charge in [0, 0.05) is 18.1 Å². The van der Waals surface area contributed by atoms with Crippen LogP contribution in [0.25, 0.3) is 0 Å². The molecule has 0 spiro atoms. The van der Waals surface area contributed by atoms with Crippen molar-refractivity contribution in [2.24, 2.45) is 5.73 Å². The molecule has 1 aromatic carbocycles. The second-order valence-corrected chi connectivity index (χ2v) is 4.96. The molecule has 0 aliphatic heterocycles. The third kappa shape index (κ3) is 3.27. The number of halogens is 1. The van der Waals surface area contributed by atoms with Crippen molar-refractivity contribution in [1.82, 2.24) is 0 Å². The summed E-state index contributed by atoms with van der Waals surface area (Å²) in [5.41, 5.74) is 6.85. The maximum atomic E-state index is 13.6. The lowest BCUT2D eigenvalue weighted by molar-refractivity contribution is 0.320. The van der Waals surface area contributed by atoms with Crippen LogP contribution in [0, 0.1) is 5.82 Å². The fraction of sp³-hybridized carbons (Fsp3) is 0.154. The molecule has 0 bridgehead atoms. The zero-order valence-electron chi connectivity index (χ0n) is 9.56. The van der Waals surface area contributed by atoms with Gasteiger partial charge in [0.05, 0.1) is 6.61 Å². The maximum absolute atomic E-state index is 13.6. The highest BCUT2D eigenvalue weighted by Gasteiger charge is 2.06. The first-order valence-electron chi connectivity index (χ1n) is 5.40. The minimum Gasteiger partial charge on any atom is -0.493 e. The highest BCUT2D eigenvalue weighted by molar-refractivity contribution is 7.80. The molecule has 1 heterocycles. The van der Waals surface area contributed by atoms with Crippen LogP contribution in [0.5, 0.6) is 5.75 Å². The average molecular weight is 281 g/mol. The third-order valence-corrected chi connectivity index (χ3v) is 3.40. The molecule has 1 aromatic heterocycles. The van der Waals surface area contributed by atoms with E-state index in [0.717, 1.165) is 6.42 Å². The van der Waals surface area contributed by atoms with E-state index in [-0.39, 0.29) is 10.6 Å². The molecule has 0 aliphatic rings. The number of nitrogens with two attached hydrogens (primary N) is 1. The van der Waals surface area contributed by atoms with Crippen LogP contribution < -0.4 is 10.5 Å². The Kier molecular flexibility index (Phi) is 4.28. The summed E-state index contributed by atoms with van der Waals surface area (Å²) in [6.45, 7) is 0.516. The van der Waals surface area contributed by atoms with Gasteiger partial charge in [0.25, 0.3) is 0 Å². The van der Waals surface area contributed by atoms with Gasteiger partial charge in [-0.05, 0) is 34.5 Å². The number of benzene rings is 1. The molecule has 0 unspecified atom stereocenters. The maximum Gasteiger partial charge on any atom is 0.137 e. The van der Waals surface area contributed by atoms with Crippen molar-refractivity contribution in [3.8, 4) is 5.75 Å². The Hall–Kier alpha value is -1.46. The molecule has 94 valence electrons. The van der Waals surface area contributed by atoms with Gasteiger partial charge in [0.2, 0.25) is 0 Å². The van der Waals surface area contributed by atoms with Crippen molar-refractivity contribution in [1.29, 1.82) is 0 Å². The zero-order chi connectivity index (χ0) is 13.0. The molecule has 0 amide bonds. The first-order chi connectivity index (χ1) is 8.66. The van der Waals surface area contributed by atoms with Gasteiger partial charge in [-0.2, -0.15) is 11.3 Å². The van der Waals surface area contributed by atoms with Gasteiger partial charge < -0.3 is 10.5 Å². The Morgan fingerprint density at radius 3 is 2.83 bits per heavy atom. The predicted octanol–water partition coefficient (Wildman–Crippen LogP) is 3.14. The van der Waals surface area contributed by atoms with Crippen LogP contribution in [-0.4, -0.2) is 11.6 Å². The fourth-order valence-corrected chi connectivity index (χ4v) is 2.38. The lowest BCUT2D eigenvalue weighted by Gasteiger charge is -2.07. The summed E-state index contributed by atoms with van der Waals surface area (Å²) in [7, 11) is 0. The molecule has 2 rings (SSSR count). The SMILES string of the molecule is NC(=S)c1ccc(OCCc2ccsc2)cc1F. The molecule has 5 heteroatoms. The second-order valence-electron chi connectivity index (χ2n) is 3.74. The van der Waals surface area contributed by atoms with Gasteiger partial charge in [-0.3, -0.25) is 0 Å². The fourth-order valence-electron chi connectivity index (χ4n) is 1.51. The Morgan fingerprint density at radius 2 is 2.22 bits per heavy atom. The Labute approximate surface area is 114 Å². The summed E-state index contributed by atoms with van der Waals surface area (Å²) in [5.74, 6) is 0.0401. The summed E-state index contributed by atoms with van der Waals surface area (Å²) < 4.78 is 19.0. The molecule has 0 saturated heterocycles. The molecule has 0 saturated carbocycles. The molecule has 18 heavy (non-hydrogen) atoms. The Morgan fingerprint density at radius 1 is 1.39 bits per heavy atom. The van der Waals surface area contributed by atoms with E-state index in [0.29, 0.717) is 12.4 Å². The topological polar surface area (TPSA) is 35.2 Å². The highest BCUT2D eigenvalue weighted by atomic mass is 32.1. The molecular weight excluding hydrogens is 269 g/mol. The highest BCUT2D eigenvalue weighted by Crippen LogP contribution is 2.17. The van der Waals surface area contributed by atoms with Crippen molar-refractivity contribution in [2.75, 3.05) is 6.61 Å². The minimum atomic E-state index is -0.449. The van der Waals surface area contributed by atoms with Gasteiger partial charge in [-0.1, -0.05) is 12.2 Å². The predicted molar refractivity (Wildman–Crippen MR) is 75.8 cm³/mol. The lowest BCUT2D eigenvalue weighted by atomic mass is 10.2. The van der Waals surface area contributed by atoms with E-state index in [1.54, 1.807) is 17.4 Å². The summed E-state index contributed by atoms with van der Waals surface area (Å²) in [6, 6.07) is 6.56. The summed E-state index contributed by atoms with van der Waals surface area (Å²) in [6.07, 6.45) is 0.808. The number of hydrogen-bond acceptors (Lipinski definition) is 3. The van der Waals surface area contributed by atoms with E-state index >= 15 is 0 Å². The second kappa shape index (κ2) is 5.93. The molecule has 2 aromatic rings. The average Bonchev–Trinajstić information content (AvgIpc) is 2.81. The first-order valence-corrected chi connectivity index (χ1v) is 6.75. The molecule has 0 radical (unpaired) electrons. The standard InChI is InChI=1S/C13H12FNOS2/c14-12-7-10(1-2-11(12)13(15)17)16-5-3-9-4-6-18-8-9/h1-2,4,6-8H,3,5H2,(H2,15,17). The molecule has 2 nitrogen and oxygen atoms in total. The Bertz CT molecular complexity index is 540. The van der Waals surface area contributed by atoms with Gasteiger partial charge in [-0.15, -0.1) is 0 Å². The van der Waals surface area contributed by atoms with Crippen LogP contribution >= 0.6 is 23.6 Å². The summed E-state index contributed by atoms with van der Waals surface area (Å²) in [5, 5.41) is 4.09. The van der Waals surface area contributed by atoms with Crippen LogP contribution in [0.2, 0.25) is 0 Å². The van der Waals surface area contributed by atoms with Crippen molar-refractivity contribution in [3.05, 3.63) is 52.0 Å². The smallest absolute Gasteiger partial charge is 0.137 e. The zero-order valence-corrected chi connectivity index (χ0v) is 11.2. The largest absolute Gasteiger partial charge is 0.493 e. The van der Waals surface area contributed by atoms with Gasteiger partial charge in [0.1, 0.15) is 16.6 Å². The quantitative estimate of drug-likeness (QED) is 0.855. The van der Waals surface area contributed by atoms with Crippen molar-refractivity contribution >= 4 is 28.5 Å². The van der Waals surface area contributed by atoms with E-state index in [1.807, 2.05) is 11.4 Å². The Balaban J connectivity index is 1.94. The first kappa shape index (κ1) is 13.0. The van der Waals surface area contributed by atoms with E-state index in [9.17, 15) is 4.39 Å². The molecule has 2 N–H and O–H groups in total. The van der Waals surface area contributed by atoms with Gasteiger partial charge in [-0.25, -0.2) is 4.39 Å². The van der Waals surface area contributed by atoms with Crippen LogP contribution in [0.1, 0.15) is 11.1 Å². The number of ether oxygens (including phenoxy) is 1. The van der Waals surface area contributed by atoms with Crippen LogP contribution in [0.15, 0.2) is 35.0 Å². The van der Waals surface area contributed by atoms with E-state index < -0.39 is 5.82 Å². The molecule has 0 atom stereocenters. The van der Waals surface area contributed by atoms with Crippen LogP contribution in [0.4, 0.5) is 4.39 Å². The summed E-state index contributed by atoms with van der Waals surface area (Å²) in [4.78, 5) is 0.0531. The van der Waals surface area contributed by atoms with Crippen molar-refractivity contribution in [3.63, 3.8) is 0 Å². The van der Waals surface area contributed by atoms with Crippen LogP contribution in [0.3, 0.4) is 0 Å². The summed E-state index contributed by atoms with van der Waals surface area (Å²) >= 11 is 6.38.